The Bertz CT molecular complexity index is 508. The third-order valence-electron chi connectivity index (χ3n) is 4.25. The summed E-state index contributed by atoms with van der Waals surface area (Å²) in [7, 11) is 0. The molecule has 3 nitrogen and oxygen atoms in total. The van der Waals surface area contributed by atoms with Crippen LogP contribution in [0, 0.1) is 5.41 Å². The molecule has 0 amide bonds. The van der Waals surface area contributed by atoms with E-state index in [9.17, 15) is 4.79 Å². The normalized spacial score (nSPS) is 15.6. The first-order chi connectivity index (χ1) is 9.91. The van der Waals surface area contributed by atoms with Gasteiger partial charge in [-0.1, -0.05) is 32.0 Å². The molecule has 0 heterocycles. The number of hydrogen-bond acceptors (Lipinski definition) is 3. The summed E-state index contributed by atoms with van der Waals surface area (Å²) in [4.78, 5) is 11.7. The quantitative estimate of drug-likeness (QED) is 0.815. The molecule has 0 saturated carbocycles. The van der Waals surface area contributed by atoms with Crippen LogP contribution < -0.4 is 5.73 Å². The van der Waals surface area contributed by atoms with Crippen molar-refractivity contribution in [2.24, 2.45) is 11.1 Å². The van der Waals surface area contributed by atoms with Crippen molar-refractivity contribution in [1.29, 1.82) is 0 Å². The number of hydrogen-bond donors (Lipinski definition) is 1. The van der Waals surface area contributed by atoms with Crippen LogP contribution in [0.15, 0.2) is 18.2 Å². The van der Waals surface area contributed by atoms with E-state index in [1.807, 2.05) is 6.92 Å². The van der Waals surface area contributed by atoms with Gasteiger partial charge in [-0.3, -0.25) is 4.79 Å². The summed E-state index contributed by atoms with van der Waals surface area (Å²) < 4.78 is 5.05. The second-order valence-electron chi connectivity index (χ2n) is 6.84. The number of benzene rings is 1. The first kappa shape index (κ1) is 16.0. The van der Waals surface area contributed by atoms with Gasteiger partial charge in [0.25, 0.3) is 0 Å². The van der Waals surface area contributed by atoms with E-state index in [2.05, 4.69) is 32.0 Å². The van der Waals surface area contributed by atoms with E-state index in [1.54, 1.807) is 0 Å². The zero-order chi connectivity index (χ0) is 15.5. The molecule has 116 valence electrons. The summed E-state index contributed by atoms with van der Waals surface area (Å²) in [5.74, 6) is -0.136. The SMILES string of the molecule is CCOC(=O)CC(C)(C)CC(N)c1ccc2c(c1)CCC2. The Hall–Kier alpha value is -1.35. The van der Waals surface area contributed by atoms with E-state index < -0.39 is 0 Å². The van der Waals surface area contributed by atoms with E-state index in [0.717, 1.165) is 6.42 Å². The molecule has 1 atom stereocenters. The average Bonchev–Trinajstić information content (AvgIpc) is 2.84. The van der Waals surface area contributed by atoms with E-state index in [-0.39, 0.29) is 17.4 Å². The predicted octanol–water partition coefficient (Wildman–Crippen LogP) is 3.54. The Morgan fingerprint density at radius 1 is 1.33 bits per heavy atom. The lowest BCUT2D eigenvalue weighted by Gasteiger charge is -2.27. The van der Waals surface area contributed by atoms with Crippen molar-refractivity contribution >= 4 is 5.97 Å². The number of esters is 1. The molecular weight excluding hydrogens is 262 g/mol. The van der Waals surface area contributed by atoms with Crippen molar-refractivity contribution in [2.75, 3.05) is 6.61 Å². The number of ether oxygens (including phenoxy) is 1. The van der Waals surface area contributed by atoms with Gasteiger partial charge >= 0.3 is 5.97 Å². The third kappa shape index (κ3) is 4.31. The fourth-order valence-corrected chi connectivity index (χ4v) is 3.21. The molecule has 2 N–H and O–H groups in total. The zero-order valence-electron chi connectivity index (χ0n) is 13.4. The van der Waals surface area contributed by atoms with Crippen molar-refractivity contribution in [3.05, 3.63) is 34.9 Å². The Morgan fingerprint density at radius 3 is 2.76 bits per heavy atom. The van der Waals surface area contributed by atoms with E-state index in [0.29, 0.717) is 13.0 Å². The summed E-state index contributed by atoms with van der Waals surface area (Å²) in [6, 6.07) is 6.60. The fourth-order valence-electron chi connectivity index (χ4n) is 3.21. The zero-order valence-corrected chi connectivity index (χ0v) is 13.4. The smallest absolute Gasteiger partial charge is 0.306 e. The van der Waals surface area contributed by atoms with Gasteiger partial charge in [0.2, 0.25) is 0 Å². The third-order valence-corrected chi connectivity index (χ3v) is 4.25. The van der Waals surface area contributed by atoms with Gasteiger partial charge in [-0.15, -0.1) is 0 Å². The number of fused-ring (bicyclic) bond motifs is 1. The maximum atomic E-state index is 11.7. The molecule has 0 aromatic heterocycles. The van der Waals surface area contributed by atoms with Crippen molar-refractivity contribution in [2.45, 2.75) is 58.9 Å². The summed E-state index contributed by atoms with van der Waals surface area (Å²) in [6.45, 7) is 6.43. The fraction of sp³-hybridized carbons (Fsp3) is 0.611. The molecule has 0 bridgehead atoms. The summed E-state index contributed by atoms with van der Waals surface area (Å²) in [5, 5.41) is 0. The molecule has 3 heteroatoms. The monoisotopic (exact) mass is 289 g/mol. The topological polar surface area (TPSA) is 52.3 Å². The van der Waals surface area contributed by atoms with Gasteiger partial charge in [0, 0.05) is 6.04 Å². The molecule has 2 rings (SSSR count). The maximum absolute atomic E-state index is 11.7. The van der Waals surface area contributed by atoms with Crippen LogP contribution >= 0.6 is 0 Å². The van der Waals surface area contributed by atoms with Gasteiger partial charge in [0.1, 0.15) is 0 Å². The van der Waals surface area contributed by atoms with Crippen LogP contribution in [0.5, 0.6) is 0 Å². The minimum atomic E-state index is -0.148. The molecule has 1 aromatic rings. The van der Waals surface area contributed by atoms with E-state index >= 15 is 0 Å². The van der Waals surface area contributed by atoms with Crippen LogP contribution in [-0.4, -0.2) is 12.6 Å². The van der Waals surface area contributed by atoms with Gasteiger partial charge in [0.15, 0.2) is 0 Å². The van der Waals surface area contributed by atoms with Gasteiger partial charge in [-0.05, 0) is 54.7 Å². The van der Waals surface area contributed by atoms with Crippen molar-refractivity contribution in [3.8, 4) is 0 Å². The summed E-state index contributed by atoms with van der Waals surface area (Å²) >= 11 is 0. The lowest BCUT2D eigenvalue weighted by Crippen LogP contribution is -2.25. The number of rotatable bonds is 6. The molecule has 0 spiro atoms. The van der Waals surface area contributed by atoms with Crippen LogP contribution in [0.25, 0.3) is 0 Å². The molecule has 1 aromatic carbocycles. The molecule has 0 saturated heterocycles. The van der Waals surface area contributed by atoms with Gasteiger partial charge in [0.05, 0.1) is 13.0 Å². The van der Waals surface area contributed by atoms with Crippen LogP contribution in [0.3, 0.4) is 0 Å². The van der Waals surface area contributed by atoms with Crippen molar-refractivity contribution < 1.29 is 9.53 Å². The first-order valence-corrected chi connectivity index (χ1v) is 7.94. The van der Waals surface area contributed by atoms with Crippen LogP contribution in [0.4, 0.5) is 0 Å². The largest absolute Gasteiger partial charge is 0.466 e. The molecule has 1 aliphatic rings. The second-order valence-corrected chi connectivity index (χ2v) is 6.84. The Balaban J connectivity index is 1.99. The summed E-state index contributed by atoms with van der Waals surface area (Å²) in [6.07, 6.45) is 4.81. The Kier molecular flexibility index (Phi) is 5.04. The minimum absolute atomic E-state index is 0.0275. The van der Waals surface area contributed by atoms with E-state index in [4.69, 9.17) is 10.5 Å². The maximum Gasteiger partial charge on any atom is 0.306 e. The Morgan fingerprint density at radius 2 is 2.05 bits per heavy atom. The highest BCUT2D eigenvalue weighted by atomic mass is 16.5. The Labute approximate surface area is 127 Å². The molecule has 0 radical (unpaired) electrons. The lowest BCUT2D eigenvalue weighted by atomic mass is 9.81. The van der Waals surface area contributed by atoms with Crippen molar-refractivity contribution in [3.63, 3.8) is 0 Å². The van der Waals surface area contributed by atoms with Gasteiger partial charge in [-0.2, -0.15) is 0 Å². The van der Waals surface area contributed by atoms with Crippen LogP contribution in [0.1, 0.15) is 62.8 Å². The number of carbonyl (C=O) groups is 1. The highest BCUT2D eigenvalue weighted by Crippen LogP contribution is 2.33. The first-order valence-electron chi connectivity index (χ1n) is 7.94. The predicted molar refractivity (Wildman–Crippen MR) is 85.0 cm³/mol. The highest BCUT2D eigenvalue weighted by molar-refractivity contribution is 5.70. The molecule has 0 aliphatic heterocycles. The minimum Gasteiger partial charge on any atom is -0.466 e. The van der Waals surface area contributed by atoms with Gasteiger partial charge < -0.3 is 10.5 Å². The van der Waals surface area contributed by atoms with Gasteiger partial charge in [-0.25, -0.2) is 0 Å². The van der Waals surface area contributed by atoms with E-state index in [1.165, 1.54) is 36.0 Å². The highest BCUT2D eigenvalue weighted by Gasteiger charge is 2.26. The molecular formula is C18H27NO2. The standard InChI is InChI=1S/C18H27NO2/c1-4-21-17(20)12-18(2,3)11-16(19)15-9-8-13-6-5-7-14(13)10-15/h8-10,16H,4-7,11-12,19H2,1-3H3. The number of aryl methyl sites for hydroxylation is 2. The second kappa shape index (κ2) is 6.61. The molecule has 1 aliphatic carbocycles. The van der Waals surface area contributed by atoms with Crippen molar-refractivity contribution in [1.82, 2.24) is 0 Å². The van der Waals surface area contributed by atoms with Crippen LogP contribution in [0.2, 0.25) is 0 Å². The summed E-state index contributed by atoms with van der Waals surface area (Å²) in [5.41, 5.74) is 10.3. The molecule has 1 unspecified atom stereocenters. The molecule has 21 heavy (non-hydrogen) atoms. The average molecular weight is 289 g/mol. The van der Waals surface area contributed by atoms with Crippen LogP contribution in [-0.2, 0) is 22.4 Å². The number of carbonyl (C=O) groups excluding carboxylic acids is 1. The molecule has 0 fully saturated rings. The lowest BCUT2D eigenvalue weighted by molar-refractivity contribution is -0.145. The number of nitrogens with two attached hydrogens (primary N) is 1.